The highest BCUT2D eigenvalue weighted by Crippen LogP contribution is 2.56. The van der Waals surface area contributed by atoms with Crippen molar-refractivity contribution in [1.82, 2.24) is 29.5 Å². The third-order valence-electron chi connectivity index (χ3n) is 10.9. The second-order valence-corrected chi connectivity index (χ2v) is 16.0. The minimum atomic E-state index is -4.48. The van der Waals surface area contributed by atoms with Crippen molar-refractivity contribution >= 4 is 71.0 Å². The Balaban J connectivity index is 1.07. The minimum absolute atomic E-state index is 0.0133. The first-order valence-corrected chi connectivity index (χ1v) is 19.7. The topological polar surface area (TPSA) is 128 Å². The summed E-state index contributed by atoms with van der Waals surface area (Å²) in [7, 11) is 2.10. The number of para-hydroxylation sites is 1. The number of hydrogen-bond acceptors (Lipinski definition) is 11. The van der Waals surface area contributed by atoms with E-state index < -0.39 is 36.2 Å². The van der Waals surface area contributed by atoms with Crippen molar-refractivity contribution in [3.8, 4) is 17.4 Å². The van der Waals surface area contributed by atoms with Crippen LogP contribution in [-0.4, -0.2) is 99.3 Å². The second-order valence-electron chi connectivity index (χ2n) is 14.6. The molecular formula is C40H35ClF4N6O6S. The van der Waals surface area contributed by atoms with Gasteiger partial charge in [0.15, 0.2) is 5.58 Å². The Kier molecular flexibility index (Phi) is 9.81. The van der Waals surface area contributed by atoms with E-state index in [4.69, 9.17) is 30.2 Å². The molecule has 4 aromatic heterocycles. The number of aliphatic carboxylic acids is 1. The number of thiophene rings is 1. The van der Waals surface area contributed by atoms with Crippen LogP contribution in [0.2, 0.25) is 5.02 Å². The lowest BCUT2D eigenvalue weighted by atomic mass is 9.89. The van der Waals surface area contributed by atoms with Crippen LogP contribution in [-0.2, 0) is 23.4 Å². The van der Waals surface area contributed by atoms with E-state index in [0.717, 1.165) is 30.9 Å². The fourth-order valence-electron chi connectivity index (χ4n) is 7.89. The number of carboxylic acids is 1. The Morgan fingerprint density at radius 1 is 1.02 bits per heavy atom. The third-order valence-corrected chi connectivity index (χ3v) is 12.4. The molecule has 58 heavy (non-hydrogen) atoms. The van der Waals surface area contributed by atoms with Crippen LogP contribution in [0.4, 0.5) is 17.6 Å². The van der Waals surface area contributed by atoms with E-state index >= 15 is 0 Å². The molecule has 0 radical (unpaired) electrons. The van der Waals surface area contributed by atoms with Gasteiger partial charge in [0.1, 0.15) is 42.4 Å². The molecule has 18 heteroatoms. The number of carbonyl (C=O) groups is 1. The first-order valence-electron chi connectivity index (χ1n) is 18.5. The van der Waals surface area contributed by atoms with Crippen LogP contribution in [0.3, 0.4) is 0 Å². The van der Waals surface area contributed by atoms with Gasteiger partial charge >= 0.3 is 12.1 Å². The average Bonchev–Trinajstić information content (AvgIpc) is 3.46. The van der Waals surface area contributed by atoms with Crippen LogP contribution in [0, 0.1) is 6.01 Å². The number of carboxylic acid groups (broad SMARTS) is 1. The Morgan fingerprint density at radius 3 is 2.57 bits per heavy atom. The van der Waals surface area contributed by atoms with Crippen molar-refractivity contribution in [3.05, 3.63) is 83.3 Å². The molecule has 1 atom stereocenters. The zero-order valence-corrected chi connectivity index (χ0v) is 32.5. The lowest BCUT2D eigenvalue weighted by Gasteiger charge is -2.32. The normalized spacial score (nSPS) is 16.7. The highest BCUT2D eigenvalue weighted by molar-refractivity contribution is 7.26. The molecule has 1 aliphatic heterocycles. The SMILES string of the molecule is CN1CCN(CCOc2ccc3c(c2Cl)c2cc(F)oc2c2sc4ncnc(OC(C(=O)O)C5(c6ccccc6OCc6ccnn6CC(F)(F)F)CC5)c4c32)CC1. The number of ether oxygens (including phenoxy) is 3. The lowest BCUT2D eigenvalue weighted by Crippen LogP contribution is -2.45. The number of fused-ring (bicyclic) bond motifs is 8. The molecular weight excluding hydrogens is 804 g/mol. The van der Waals surface area contributed by atoms with Gasteiger partial charge in [-0.25, -0.2) is 14.8 Å². The van der Waals surface area contributed by atoms with Gasteiger partial charge in [-0.3, -0.25) is 9.58 Å². The highest BCUT2D eigenvalue weighted by Gasteiger charge is 2.57. The monoisotopic (exact) mass is 838 g/mol. The summed E-state index contributed by atoms with van der Waals surface area (Å²) in [5.74, 6) is -0.553. The maximum absolute atomic E-state index is 15.0. The van der Waals surface area contributed by atoms with Crippen molar-refractivity contribution in [1.29, 1.82) is 0 Å². The van der Waals surface area contributed by atoms with E-state index in [1.807, 2.05) is 6.07 Å². The van der Waals surface area contributed by atoms with E-state index in [1.54, 1.807) is 30.3 Å². The number of rotatable bonds is 13. The lowest BCUT2D eigenvalue weighted by molar-refractivity contribution is -0.147. The summed E-state index contributed by atoms with van der Waals surface area (Å²) in [6, 6.07) is 12.3. The number of benzene rings is 3. The molecule has 0 bridgehead atoms. The molecule has 0 amide bonds. The standard InChI is InChI=1S/C40H35ClF4N6O6S/c1-49-12-14-50(15-13-49)16-17-54-27-7-6-23-29(32(27)41)24-18-28(42)56-33(24)34-30(23)31-36(46-21-47-37(31)58-34)57-35(38(52)53)39(9-10-39)25-4-2-3-5-26(25)55-19-22-8-11-48-51(22)20-40(43,44)45/h2-8,11,18,21,35H,9-10,12-17,19-20H2,1H3,(H,52,53). The molecule has 1 saturated carbocycles. The van der Waals surface area contributed by atoms with E-state index in [0.29, 0.717) is 79.5 Å². The highest BCUT2D eigenvalue weighted by atomic mass is 35.5. The number of piperazine rings is 1. The molecule has 12 nitrogen and oxygen atoms in total. The van der Waals surface area contributed by atoms with Gasteiger partial charge in [0, 0.05) is 72.1 Å². The van der Waals surface area contributed by atoms with Gasteiger partial charge in [-0.15, -0.1) is 11.3 Å². The minimum Gasteiger partial charge on any atom is -0.491 e. The van der Waals surface area contributed by atoms with Crippen molar-refractivity contribution in [3.63, 3.8) is 0 Å². The molecule has 5 heterocycles. The molecule has 0 spiro atoms. The van der Waals surface area contributed by atoms with Gasteiger partial charge < -0.3 is 28.6 Å². The summed E-state index contributed by atoms with van der Waals surface area (Å²) in [5.41, 5.74) is -0.119. The molecule has 3 aromatic carbocycles. The summed E-state index contributed by atoms with van der Waals surface area (Å²) in [6.07, 6.45) is -2.59. The third kappa shape index (κ3) is 7.03. The molecule has 9 rings (SSSR count). The fourth-order valence-corrected chi connectivity index (χ4v) is 9.36. The molecule has 1 N–H and O–H groups in total. The van der Waals surface area contributed by atoms with Crippen LogP contribution >= 0.6 is 22.9 Å². The molecule has 2 fully saturated rings. The summed E-state index contributed by atoms with van der Waals surface area (Å²) < 4.78 is 80.2. The first-order chi connectivity index (χ1) is 27.9. The molecule has 1 saturated heterocycles. The van der Waals surface area contributed by atoms with Crippen molar-refractivity contribution in [2.45, 2.75) is 43.7 Å². The number of furan rings is 1. The summed E-state index contributed by atoms with van der Waals surface area (Å²) in [6.45, 7) is 3.39. The predicted molar refractivity (Wildman–Crippen MR) is 209 cm³/mol. The van der Waals surface area contributed by atoms with E-state index in [-0.39, 0.29) is 28.8 Å². The number of likely N-dealkylation sites (N-methyl/N-ethyl adjacent to an activating group) is 1. The summed E-state index contributed by atoms with van der Waals surface area (Å²) in [5, 5.41) is 17.3. The first kappa shape index (κ1) is 38.3. The van der Waals surface area contributed by atoms with Gasteiger partial charge in [0.2, 0.25) is 12.0 Å². The number of hydrogen-bond donors (Lipinski definition) is 1. The fraction of sp³-hybridized carbons (Fsp3) is 0.350. The average molecular weight is 839 g/mol. The van der Waals surface area contributed by atoms with Crippen LogP contribution < -0.4 is 14.2 Å². The van der Waals surface area contributed by atoms with Crippen LogP contribution in [0.5, 0.6) is 17.4 Å². The quantitative estimate of drug-likeness (QED) is 0.113. The summed E-state index contributed by atoms with van der Waals surface area (Å²) >= 11 is 8.31. The van der Waals surface area contributed by atoms with Gasteiger partial charge in [0.25, 0.3) is 6.01 Å². The van der Waals surface area contributed by atoms with Crippen molar-refractivity contribution < 1.29 is 46.1 Å². The largest absolute Gasteiger partial charge is 0.491 e. The van der Waals surface area contributed by atoms with Crippen LogP contribution in [0.15, 0.2) is 65.5 Å². The number of aromatic nitrogens is 4. The molecule has 2 aliphatic rings. The Labute approximate surface area is 336 Å². The number of nitrogens with zero attached hydrogens (tertiary/aromatic N) is 6. The van der Waals surface area contributed by atoms with Crippen LogP contribution in [0.1, 0.15) is 24.1 Å². The van der Waals surface area contributed by atoms with E-state index in [2.05, 4.69) is 31.9 Å². The van der Waals surface area contributed by atoms with Gasteiger partial charge in [-0.1, -0.05) is 29.8 Å². The number of alkyl halides is 3. The van der Waals surface area contributed by atoms with Gasteiger partial charge in [-0.2, -0.15) is 22.7 Å². The predicted octanol–water partition coefficient (Wildman–Crippen LogP) is 8.06. The molecule has 1 unspecified atom stereocenters. The van der Waals surface area contributed by atoms with E-state index in [9.17, 15) is 27.5 Å². The molecule has 1 aliphatic carbocycles. The number of halogens is 5. The van der Waals surface area contributed by atoms with E-state index in [1.165, 1.54) is 36.0 Å². The Hall–Kier alpha value is -5.23. The maximum Gasteiger partial charge on any atom is 0.408 e. The Morgan fingerprint density at radius 2 is 1.81 bits per heavy atom. The van der Waals surface area contributed by atoms with Gasteiger partial charge in [-0.05, 0) is 49.5 Å². The molecule has 302 valence electrons. The van der Waals surface area contributed by atoms with Crippen LogP contribution in [0.25, 0.3) is 42.0 Å². The molecule has 7 aromatic rings. The van der Waals surface area contributed by atoms with Gasteiger partial charge in [0.05, 0.1) is 20.8 Å². The smallest absolute Gasteiger partial charge is 0.408 e. The second kappa shape index (κ2) is 14.9. The van der Waals surface area contributed by atoms with Crippen molar-refractivity contribution in [2.24, 2.45) is 0 Å². The maximum atomic E-state index is 15.0. The Bertz CT molecular complexity index is 2690. The van der Waals surface area contributed by atoms with Crippen molar-refractivity contribution in [2.75, 3.05) is 46.4 Å². The zero-order chi connectivity index (χ0) is 40.3. The zero-order valence-electron chi connectivity index (χ0n) is 30.9. The summed E-state index contributed by atoms with van der Waals surface area (Å²) in [4.78, 5) is 27.2.